The smallest absolute Gasteiger partial charge is 0.333 e. The molecule has 2 atom stereocenters. The number of carboxylic acids is 1. The lowest BCUT2D eigenvalue weighted by atomic mass is 9.92. The Balaban J connectivity index is 1.28. The fourth-order valence-electron chi connectivity index (χ4n) is 5.53. The number of carbonyl (C=O) groups is 1. The molecule has 0 saturated carbocycles. The minimum Gasteiger partial charge on any atom is -0.491 e. The predicted molar refractivity (Wildman–Crippen MR) is 172 cm³/mol. The average molecular weight is 577 g/mol. The largest absolute Gasteiger partial charge is 0.491 e. The number of carboxylic acid groups (broad SMARTS) is 1. The molecule has 0 spiro atoms. The Labute approximate surface area is 254 Å². The van der Waals surface area contributed by atoms with Gasteiger partial charge < -0.3 is 19.3 Å². The summed E-state index contributed by atoms with van der Waals surface area (Å²) in [5.41, 5.74) is 9.53. The number of aliphatic carboxylic acids is 1. The molecule has 1 N–H and O–H groups in total. The number of aryl methyl sites for hydroxylation is 3. The molecule has 4 aromatic carbocycles. The van der Waals surface area contributed by atoms with E-state index in [0.717, 1.165) is 30.6 Å². The minimum absolute atomic E-state index is 0.208. The summed E-state index contributed by atoms with van der Waals surface area (Å²) in [5.74, 6) is -0.236. The van der Waals surface area contributed by atoms with E-state index in [1.165, 1.54) is 38.9 Å². The molecule has 2 unspecified atom stereocenters. The van der Waals surface area contributed by atoms with Crippen molar-refractivity contribution in [2.75, 3.05) is 19.8 Å². The van der Waals surface area contributed by atoms with Crippen LogP contribution in [-0.4, -0.2) is 37.0 Å². The molecule has 222 valence electrons. The third-order valence-electron chi connectivity index (χ3n) is 7.89. The Hall–Kier alpha value is -4.19. The topological polar surface area (TPSA) is 65.0 Å². The molecule has 5 heteroatoms. The van der Waals surface area contributed by atoms with Crippen LogP contribution < -0.4 is 4.74 Å². The molecule has 0 fully saturated rings. The third kappa shape index (κ3) is 8.01. The highest BCUT2D eigenvalue weighted by molar-refractivity contribution is 5.76. The van der Waals surface area contributed by atoms with E-state index in [2.05, 4.69) is 85.8 Å². The van der Waals surface area contributed by atoms with E-state index in [4.69, 9.17) is 14.2 Å². The van der Waals surface area contributed by atoms with Gasteiger partial charge in [0.25, 0.3) is 0 Å². The van der Waals surface area contributed by atoms with Gasteiger partial charge in [0.15, 0.2) is 6.10 Å². The van der Waals surface area contributed by atoms with Crippen molar-refractivity contribution < 1.29 is 24.1 Å². The van der Waals surface area contributed by atoms with E-state index in [1.807, 2.05) is 24.3 Å². The third-order valence-corrected chi connectivity index (χ3v) is 7.89. The van der Waals surface area contributed by atoms with Gasteiger partial charge >= 0.3 is 5.97 Å². The predicted octanol–water partition coefficient (Wildman–Crippen LogP) is 7.74. The molecule has 5 nitrogen and oxygen atoms in total. The highest BCUT2D eigenvalue weighted by Crippen LogP contribution is 2.37. The zero-order valence-electron chi connectivity index (χ0n) is 25.0. The zero-order valence-corrected chi connectivity index (χ0v) is 25.0. The van der Waals surface area contributed by atoms with Crippen molar-refractivity contribution in [1.29, 1.82) is 0 Å². The quantitative estimate of drug-likeness (QED) is 0.156. The Morgan fingerprint density at radius 2 is 1.47 bits per heavy atom. The lowest BCUT2D eigenvalue weighted by molar-refractivity contribution is -0.149. The first-order valence-corrected chi connectivity index (χ1v) is 15.2. The van der Waals surface area contributed by atoms with Gasteiger partial charge in [-0.05, 0) is 82.8 Å². The summed E-state index contributed by atoms with van der Waals surface area (Å²) < 4.78 is 18.0. The van der Waals surface area contributed by atoms with Crippen LogP contribution in [0.2, 0.25) is 0 Å². The molecule has 0 heterocycles. The fourth-order valence-corrected chi connectivity index (χ4v) is 5.53. The van der Waals surface area contributed by atoms with Crippen LogP contribution in [0.4, 0.5) is 0 Å². The summed E-state index contributed by atoms with van der Waals surface area (Å²) in [5, 5.41) is 9.36. The number of fused-ring (bicyclic) bond motifs is 2. The second-order valence-electron chi connectivity index (χ2n) is 10.8. The van der Waals surface area contributed by atoms with E-state index in [0.29, 0.717) is 26.2 Å². The van der Waals surface area contributed by atoms with Crippen LogP contribution in [0.5, 0.6) is 5.75 Å². The molecule has 1 aliphatic rings. The first kappa shape index (κ1) is 30.3. The van der Waals surface area contributed by atoms with Gasteiger partial charge in [0.05, 0.1) is 6.61 Å². The average Bonchev–Trinajstić information content (AvgIpc) is 3.19. The Morgan fingerprint density at radius 1 is 0.744 bits per heavy atom. The number of benzene rings is 4. The van der Waals surface area contributed by atoms with Crippen LogP contribution in [0.25, 0.3) is 12.2 Å². The molecule has 0 saturated heterocycles. The summed E-state index contributed by atoms with van der Waals surface area (Å²) in [6.07, 6.45) is 6.61. The number of ether oxygens (including phenoxy) is 3. The van der Waals surface area contributed by atoms with Crippen molar-refractivity contribution in [2.24, 2.45) is 0 Å². The van der Waals surface area contributed by atoms with E-state index in [9.17, 15) is 9.90 Å². The van der Waals surface area contributed by atoms with Gasteiger partial charge in [-0.3, -0.25) is 0 Å². The lowest BCUT2D eigenvalue weighted by Gasteiger charge is -2.22. The molecule has 4 aromatic rings. The van der Waals surface area contributed by atoms with Crippen molar-refractivity contribution in [3.05, 3.63) is 136 Å². The first-order valence-electron chi connectivity index (χ1n) is 15.2. The van der Waals surface area contributed by atoms with Crippen LogP contribution in [0, 0.1) is 0 Å². The van der Waals surface area contributed by atoms with Gasteiger partial charge in [-0.1, -0.05) is 97.9 Å². The van der Waals surface area contributed by atoms with Crippen LogP contribution in [0.15, 0.2) is 91.0 Å². The summed E-state index contributed by atoms with van der Waals surface area (Å²) in [6.45, 7) is 5.15. The molecule has 0 aliphatic heterocycles. The van der Waals surface area contributed by atoms with Gasteiger partial charge in [0.2, 0.25) is 0 Å². The summed E-state index contributed by atoms with van der Waals surface area (Å²) in [6, 6.07) is 31.5. The molecule has 0 radical (unpaired) electrons. The molecule has 0 aromatic heterocycles. The van der Waals surface area contributed by atoms with Crippen LogP contribution in [0.1, 0.15) is 64.5 Å². The Kier molecular flexibility index (Phi) is 10.4. The molecule has 0 bridgehead atoms. The molecular weight excluding hydrogens is 536 g/mol. The highest BCUT2D eigenvalue weighted by atomic mass is 16.5. The van der Waals surface area contributed by atoms with Crippen LogP contribution in [-0.2, 0) is 40.0 Å². The fraction of sp³-hybridized carbons (Fsp3) is 0.289. The maximum atomic E-state index is 11.4. The van der Waals surface area contributed by atoms with E-state index in [1.54, 1.807) is 6.92 Å². The zero-order chi connectivity index (χ0) is 30.0. The SMILES string of the molecule is CCOC(Cc1ccc(OCCOC2c3ccc(CC)cc3C=Cc3ccc(CCc4ccccc4)cc32)cc1)C(=O)O. The van der Waals surface area contributed by atoms with Gasteiger partial charge in [-0.2, -0.15) is 0 Å². The van der Waals surface area contributed by atoms with Crippen molar-refractivity contribution in [2.45, 2.75) is 51.7 Å². The van der Waals surface area contributed by atoms with Gasteiger partial charge in [-0.15, -0.1) is 0 Å². The van der Waals surface area contributed by atoms with E-state index < -0.39 is 12.1 Å². The second kappa shape index (κ2) is 14.8. The number of hydrogen-bond acceptors (Lipinski definition) is 4. The molecule has 5 rings (SSSR count). The van der Waals surface area contributed by atoms with E-state index >= 15 is 0 Å². The van der Waals surface area contributed by atoms with Crippen molar-refractivity contribution in [1.82, 2.24) is 0 Å². The van der Waals surface area contributed by atoms with Crippen molar-refractivity contribution >= 4 is 18.1 Å². The van der Waals surface area contributed by atoms with Gasteiger partial charge in [0.1, 0.15) is 18.5 Å². The molecule has 1 aliphatic carbocycles. The maximum Gasteiger partial charge on any atom is 0.333 e. The molecule has 0 amide bonds. The van der Waals surface area contributed by atoms with Gasteiger partial charge in [-0.25, -0.2) is 4.79 Å². The van der Waals surface area contributed by atoms with Crippen molar-refractivity contribution in [3.8, 4) is 5.75 Å². The molecule has 43 heavy (non-hydrogen) atoms. The van der Waals surface area contributed by atoms with Gasteiger partial charge in [0, 0.05) is 13.0 Å². The lowest BCUT2D eigenvalue weighted by Crippen LogP contribution is -2.26. The minimum atomic E-state index is -0.953. The molecular formula is C38H40O5. The first-order chi connectivity index (χ1) is 21.0. The second-order valence-corrected chi connectivity index (χ2v) is 10.8. The number of hydrogen-bond donors (Lipinski definition) is 1. The monoisotopic (exact) mass is 576 g/mol. The normalized spacial score (nSPS) is 14.4. The standard InChI is InChI=1S/C38H40O5/c1-3-27-15-21-34-32(24-27)18-17-31-16-12-29(11-10-28-8-6-5-7-9-28)25-35(31)37(34)43-23-22-42-33-19-13-30(14-20-33)26-36(38(39)40)41-4-2/h5-9,12-21,24-25,36-37H,3-4,10-11,22-23,26H2,1-2H3,(H,39,40). The Bertz CT molecular complexity index is 1520. The highest BCUT2D eigenvalue weighted by Gasteiger charge is 2.23. The van der Waals surface area contributed by atoms with E-state index in [-0.39, 0.29) is 6.10 Å². The summed E-state index contributed by atoms with van der Waals surface area (Å²) >= 11 is 0. The van der Waals surface area contributed by atoms with Crippen LogP contribution in [0.3, 0.4) is 0 Å². The van der Waals surface area contributed by atoms with Crippen LogP contribution >= 0.6 is 0 Å². The number of rotatable bonds is 14. The Morgan fingerprint density at radius 3 is 2.21 bits per heavy atom. The summed E-state index contributed by atoms with van der Waals surface area (Å²) in [4.78, 5) is 11.4. The summed E-state index contributed by atoms with van der Waals surface area (Å²) in [7, 11) is 0. The maximum absolute atomic E-state index is 11.4. The van der Waals surface area contributed by atoms with Crippen molar-refractivity contribution in [3.63, 3.8) is 0 Å².